The fourth-order valence-electron chi connectivity index (χ4n) is 2.32. The van der Waals surface area contributed by atoms with E-state index in [1.807, 2.05) is 37.3 Å². The van der Waals surface area contributed by atoms with Crippen molar-refractivity contribution in [3.05, 3.63) is 53.9 Å². The van der Waals surface area contributed by atoms with Crippen molar-refractivity contribution < 1.29 is 9.47 Å². The van der Waals surface area contributed by atoms with Crippen LogP contribution in [0.5, 0.6) is 11.5 Å². The second-order valence-corrected chi connectivity index (χ2v) is 4.81. The van der Waals surface area contributed by atoms with E-state index in [0.29, 0.717) is 13.2 Å². The molecular weight excluding hydrogens is 264 g/mol. The van der Waals surface area contributed by atoms with Crippen LogP contribution in [0, 0.1) is 0 Å². The summed E-state index contributed by atoms with van der Waals surface area (Å²) >= 11 is 0. The highest BCUT2D eigenvalue weighted by Gasteiger charge is 2.13. The third-order valence-electron chi connectivity index (χ3n) is 3.40. The van der Waals surface area contributed by atoms with Crippen LogP contribution in [0.4, 0.5) is 0 Å². The molecule has 4 nitrogen and oxygen atoms in total. The van der Waals surface area contributed by atoms with Crippen LogP contribution in [0.2, 0.25) is 0 Å². The molecule has 2 N–H and O–H groups in total. The van der Waals surface area contributed by atoms with Crippen LogP contribution in [0.1, 0.15) is 24.1 Å². The van der Waals surface area contributed by atoms with Gasteiger partial charge in [-0.15, -0.1) is 0 Å². The number of nitrogens with zero attached hydrogens (tertiary/aromatic N) is 1. The molecule has 1 heterocycles. The third kappa shape index (κ3) is 3.95. The number of ether oxygens (including phenoxy) is 2. The molecule has 0 aliphatic rings. The van der Waals surface area contributed by atoms with Crippen LogP contribution in [0.15, 0.2) is 42.6 Å². The molecule has 2 aromatic rings. The molecule has 0 fully saturated rings. The molecule has 21 heavy (non-hydrogen) atoms. The van der Waals surface area contributed by atoms with Crippen LogP contribution < -0.4 is 15.2 Å². The van der Waals surface area contributed by atoms with Crippen molar-refractivity contribution in [2.45, 2.75) is 19.3 Å². The molecule has 1 aromatic heterocycles. The quantitative estimate of drug-likeness (QED) is 0.850. The predicted octanol–water partition coefficient (Wildman–Crippen LogP) is 2.77. The zero-order valence-corrected chi connectivity index (χ0v) is 12.6. The summed E-state index contributed by atoms with van der Waals surface area (Å²) in [7, 11) is 1.65. The minimum Gasteiger partial charge on any atom is -0.493 e. The van der Waals surface area contributed by atoms with Gasteiger partial charge in [0, 0.05) is 24.4 Å². The van der Waals surface area contributed by atoms with Crippen molar-refractivity contribution in [2.24, 2.45) is 5.73 Å². The summed E-state index contributed by atoms with van der Waals surface area (Å²) < 4.78 is 10.9. The first-order valence-corrected chi connectivity index (χ1v) is 7.19. The van der Waals surface area contributed by atoms with Gasteiger partial charge in [-0.05, 0) is 43.2 Å². The lowest BCUT2D eigenvalue weighted by Gasteiger charge is -2.16. The Morgan fingerprint density at radius 2 is 2.05 bits per heavy atom. The SMILES string of the molecule is CCOc1ccc(CC(CN)c2ccccn2)cc1OC. The Bertz CT molecular complexity index is 558. The van der Waals surface area contributed by atoms with E-state index in [1.165, 1.54) is 0 Å². The second-order valence-electron chi connectivity index (χ2n) is 4.81. The average molecular weight is 286 g/mol. The highest BCUT2D eigenvalue weighted by Crippen LogP contribution is 2.30. The van der Waals surface area contributed by atoms with Crippen LogP contribution in [0.3, 0.4) is 0 Å². The van der Waals surface area contributed by atoms with Gasteiger partial charge < -0.3 is 15.2 Å². The second kappa shape index (κ2) is 7.64. The topological polar surface area (TPSA) is 57.4 Å². The van der Waals surface area contributed by atoms with Gasteiger partial charge in [0.25, 0.3) is 0 Å². The van der Waals surface area contributed by atoms with E-state index in [2.05, 4.69) is 11.1 Å². The molecule has 0 bridgehead atoms. The number of nitrogens with two attached hydrogens (primary N) is 1. The van der Waals surface area contributed by atoms with Crippen LogP contribution in [0.25, 0.3) is 0 Å². The van der Waals surface area contributed by atoms with Gasteiger partial charge in [-0.2, -0.15) is 0 Å². The number of benzene rings is 1. The highest BCUT2D eigenvalue weighted by atomic mass is 16.5. The van der Waals surface area contributed by atoms with Gasteiger partial charge in [0.1, 0.15) is 0 Å². The molecule has 2 rings (SSSR count). The molecule has 112 valence electrons. The monoisotopic (exact) mass is 286 g/mol. The lowest BCUT2D eigenvalue weighted by Crippen LogP contribution is -2.16. The third-order valence-corrected chi connectivity index (χ3v) is 3.40. The number of hydrogen-bond acceptors (Lipinski definition) is 4. The van der Waals surface area contributed by atoms with E-state index in [9.17, 15) is 0 Å². The van der Waals surface area contributed by atoms with E-state index < -0.39 is 0 Å². The summed E-state index contributed by atoms with van der Waals surface area (Å²) in [4.78, 5) is 4.40. The first-order chi connectivity index (χ1) is 10.3. The van der Waals surface area contributed by atoms with E-state index in [1.54, 1.807) is 13.3 Å². The smallest absolute Gasteiger partial charge is 0.161 e. The van der Waals surface area contributed by atoms with E-state index in [-0.39, 0.29) is 5.92 Å². The molecule has 0 amide bonds. The molecule has 0 radical (unpaired) electrons. The van der Waals surface area contributed by atoms with Gasteiger partial charge in [0.05, 0.1) is 13.7 Å². The molecule has 1 aromatic carbocycles. The maximum absolute atomic E-state index is 5.90. The lowest BCUT2D eigenvalue weighted by atomic mass is 9.95. The van der Waals surface area contributed by atoms with Gasteiger partial charge in [-0.25, -0.2) is 0 Å². The normalized spacial score (nSPS) is 12.0. The standard InChI is InChI=1S/C17H22N2O2/c1-3-21-16-8-7-13(11-17(16)20-2)10-14(12-18)15-6-4-5-9-19-15/h4-9,11,14H,3,10,12,18H2,1-2H3. The summed E-state index contributed by atoms with van der Waals surface area (Å²) in [6.07, 6.45) is 2.63. The molecule has 0 spiro atoms. The van der Waals surface area contributed by atoms with Crippen LogP contribution in [-0.2, 0) is 6.42 Å². The number of aromatic nitrogens is 1. The maximum Gasteiger partial charge on any atom is 0.161 e. The molecule has 1 unspecified atom stereocenters. The van der Waals surface area contributed by atoms with Gasteiger partial charge in [-0.3, -0.25) is 4.98 Å². The average Bonchev–Trinajstić information content (AvgIpc) is 2.54. The predicted molar refractivity (Wildman–Crippen MR) is 83.9 cm³/mol. The van der Waals surface area contributed by atoms with Gasteiger partial charge in [0.2, 0.25) is 0 Å². The van der Waals surface area contributed by atoms with Crippen LogP contribution >= 0.6 is 0 Å². The van der Waals surface area contributed by atoms with Crippen molar-refractivity contribution in [1.82, 2.24) is 4.98 Å². The Morgan fingerprint density at radius 3 is 2.67 bits per heavy atom. The van der Waals surface area contributed by atoms with Gasteiger partial charge >= 0.3 is 0 Å². The minimum absolute atomic E-state index is 0.203. The van der Waals surface area contributed by atoms with Gasteiger partial charge in [0.15, 0.2) is 11.5 Å². The van der Waals surface area contributed by atoms with E-state index in [4.69, 9.17) is 15.2 Å². The summed E-state index contributed by atoms with van der Waals surface area (Å²) in [6.45, 7) is 3.14. The fourth-order valence-corrected chi connectivity index (χ4v) is 2.32. The Labute approximate surface area is 125 Å². The van der Waals surface area contributed by atoms with Crippen molar-refractivity contribution in [3.8, 4) is 11.5 Å². The Kier molecular flexibility index (Phi) is 5.58. The zero-order valence-electron chi connectivity index (χ0n) is 12.6. The van der Waals surface area contributed by atoms with Crippen molar-refractivity contribution in [2.75, 3.05) is 20.3 Å². The Hall–Kier alpha value is -2.07. The summed E-state index contributed by atoms with van der Waals surface area (Å²) in [5.41, 5.74) is 8.09. The van der Waals surface area contributed by atoms with E-state index >= 15 is 0 Å². The first-order valence-electron chi connectivity index (χ1n) is 7.19. The molecule has 0 aliphatic carbocycles. The van der Waals surface area contributed by atoms with Gasteiger partial charge in [-0.1, -0.05) is 12.1 Å². The summed E-state index contributed by atoms with van der Waals surface area (Å²) in [6, 6.07) is 11.9. The van der Waals surface area contributed by atoms with Crippen molar-refractivity contribution in [1.29, 1.82) is 0 Å². The minimum atomic E-state index is 0.203. The maximum atomic E-state index is 5.90. The zero-order chi connectivity index (χ0) is 15.1. The molecule has 1 atom stereocenters. The molecular formula is C17H22N2O2. The van der Waals surface area contributed by atoms with Crippen molar-refractivity contribution >= 4 is 0 Å². The largest absolute Gasteiger partial charge is 0.493 e. The molecule has 0 saturated heterocycles. The Morgan fingerprint density at radius 1 is 1.19 bits per heavy atom. The van der Waals surface area contributed by atoms with Crippen molar-refractivity contribution in [3.63, 3.8) is 0 Å². The number of hydrogen-bond donors (Lipinski definition) is 1. The summed E-state index contributed by atoms with van der Waals surface area (Å²) in [5, 5.41) is 0. The number of pyridine rings is 1. The first kappa shape index (κ1) is 15.3. The Balaban J connectivity index is 2.18. The lowest BCUT2D eigenvalue weighted by molar-refractivity contribution is 0.310. The van der Waals surface area contributed by atoms with E-state index in [0.717, 1.165) is 29.2 Å². The van der Waals surface area contributed by atoms with Crippen LogP contribution in [-0.4, -0.2) is 25.2 Å². The molecule has 0 saturated carbocycles. The summed E-state index contributed by atoms with van der Waals surface area (Å²) in [5.74, 6) is 1.73. The fraction of sp³-hybridized carbons (Fsp3) is 0.353. The highest BCUT2D eigenvalue weighted by molar-refractivity contribution is 5.43. The number of methoxy groups -OCH3 is 1. The number of rotatable bonds is 7. The molecule has 4 heteroatoms. The molecule has 0 aliphatic heterocycles.